The van der Waals surface area contributed by atoms with Crippen LogP contribution in [0.4, 0.5) is 0 Å². The molecular weight excluding hydrogens is 170 g/mol. The summed E-state index contributed by atoms with van der Waals surface area (Å²) < 4.78 is 2.06. The molecule has 0 saturated carbocycles. The molecule has 0 amide bonds. The summed E-state index contributed by atoms with van der Waals surface area (Å²) in [5, 5.41) is 0. The van der Waals surface area contributed by atoms with Crippen LogP contribution in [0.1, 0.15) is 34.1 Å². The standard InChI is InChI=1S/C9H18NOS/c1-5-10(12-7-11)9(4)6-8(2)3/h8-9H,5-6H2,1-4H3. The van der Waals surface area contributed by atoms with Crippen LogP contribution >= 0.6 is 11.9 Å². The van der Waals surface area contributed by atoms with Gasteiger partial charge in [0.15, 0.2) is 0 Å². The highest BCUT2D eigenvalue weighted by Gasteiger charge is 2.13. The van der Waals surface area contributed by atoms with Crippen LogP contribution in [0.3, 0.4) is 0 Å². The van der Waals surface area contributed by atoms with Crippen molar-refractivity contribution in [2.75, 3.05) is 6.54 Å². The van der Waals surface area contributed by atoms with Crippen molar-refractivity contribution in [1.29, 1.82) is 0 Å². The van der Waals surface area contributed by atoms with Gasteiger partial charge in [0.1, 0.15) is 0 Å². The predicted octanol–water partition coefficient (Wildman–Crippen LogP) is 2.46. The lowest BCUT2D eigenvalue weighted by atomic mass is 10.1. The molecule has 0 heterocycles. The largest absolute Gasteiger partial charge is 0.282 e. The first-order valence-electron chi connectivity index (χ1n) is 4.42. The molecular formula is C9H18NOS. The summed E-state index contributed by atoms with van der Waals surface area (Å²) in [5.74, 6) is 0.682. The van der Waals surface area contributed by atoms with Crippen molar-refractivity contribution in [3.05, 3.63) is 0 Å². The zero-order valence-electron chi connectivity index (χ0n) is 8.33. The van der Waals surface area contributed by atoms with Gasteiger partial charge < -0.3 is 0 Å². The molecule has 1 atom stereocenters. The van der Waals surface area contributed by atoms with Crippen LogP contribution in [0.25, 0.3) is 0 Å². The SMILES string of the molecule is CCN(S[C]=O)C(C)CC(C)C. The third-order valence-electron chi connectivity index (χ3n) is 1.77. The van der Waals surface area contributed by atoms with Crippen LogP contribution in [0, 0.1) is 5.92 Å². The van der Waals surface area contributed by atoms with Crippen molar-refractivity contribution < 1.29 is 4.79 Å². The zero-order chi connectivity index (χ0) is 9.56. The second-order valence-electron chi connectivity index (χ2n) is 3.39. The van der Waals surface area contributed by atoms with Crippen molar-refractivity contribution in [1.82, 2.24) is 4.31 Å². The Hall–Kier alpha value is -0.0200. The summed E-state index contributed by atoms with van der Waals surface area (Å²) in [5.41, 5.74) is 1.87. The van der Waals surface area contributed by atoms with Crippen molar-refractivity contribution in [3.8, 4) is 0 Å². The monoisotopic (exact) mass is 188 g/mol. The van der Waals surface area contributed by atoms with E-state index < -0.39 is 0 Å². The Kier molecular flexibility index (Phi) is 6.48. The minimum atomic E-state index is 0.460. The molecule has 1 unspecified atom stereocenters. The number of hydrogen-bond acceptors (Lipinski definition) is 3. The van der Waals surface area contributed by atoms with Gasteiger partial charge in [-0.3, -0.25) is 4.79 Å². The molecule has 0 aliphatic carbocycles. The predicted molar refractivity (Wildman–Crippen MR) is 54.6 cm³/mol. The minimum absolute atomic E-state index is 0.460. The van der Waals surface area contributed by atoms with Gasteiger partial charge in [-0.05, 0) is 19.3 Å². The highest BCUT2D eigenvalue weighted by molar-refractivity contribution is 8.09. The summed E-state index contributed by atoms with van der Waals surface area (Å²) in [6.07, 6.45) is 1.13. The molecule has 0 bridgehead atoms. The Morgan fingerprint density at radius 3 is 2.33 bits per heavy atom. The first kappa shape index (κ1) is 12.0. The van der Waals surface area contributed by atoms with Crippen LogP contribution in [0.5, 0.6) is 0 Å². The molecule has 0 N–H and O–H groups in total. The van der Waals surface area contributed by atoms with E-state index in [1.807, 2.05) is 5.62 Å². The third kappa shape index (κ3) is 4.78. The average Bonchev–Trinajstić information content (AvgIpc) is 1.98. The molecule has 1 radical (unpaired) electrons. The number of carbonyl (C=O) groups excluding carboxylic acids is 1. The first-order valence-corrected chi connectivity index (χ1v) is 5.19. The normalized spacial score (nSPS) is 13.8. The van der Waals surface area contributed by atoms with Crippen LogP contribution in [-0.4, -0.2) is 22.5 Å². The van der Waals surface area contributed by atoms with Crippen molar-refractivity contribution in [2.24, 2.45) is 5.92 Å². The van der Waals surface area contributed by atoms with E-state index >= 15 is 0 Å². The molecule has 12 heavy (non-hydrogen) atoms. The quantitative estimate of drug-likeness (QED) is 0.597. The highest BCUT2D eigenvalue weighted by Crippen LogP contribution is 2.17. The van der Waals surface area contributed by atoms with Gasteiger partial charge >= 0.3 is 0 Å². The molecule has 2 nitrogen and oxygen atoms in total. The third-order valence-corrected chi connectivity index (χ3v) is 2.70. The number of rotatable bonds is 6. The van der Waals surface area contributed by atoms with E-state index in [9.17, 15) is 4.79 Å². The van der Waals surface area contributed by atoms with Crippen LogP contribution in [0.2, 0.25) is 0 Å². The molecule has 0 spiro atoms. The lowest BCUT2D eigenvalue weighted by Crippen LogP contribution is -2.27. The molecule has 0 aromatic rings. The molecule has 0 aliphatic heterocycles. The van der Waals surface area contributed by atoms with Crippen LogP contribution < -0.4 is 0 Å². The number of nitrogens with zero attached hydrogens (tertiary/aromatic N) is 1. The Morgan fingerprint density at radius 1 is 1.42 bits per heavy atom. The van der Waals surface area contributed by atoms with E-state index in [0.29, 0.717) is 12.0 Å². The van der Waals surface area contributed by atoms with Gasteiger partial charge in [0.25, 0.3) is 5.62 Å². The zero-order valence-corrected chi connectivity index (χ0v) is 9.15. The van der Waals surface area contributed by atoms with Crippen molar-refractivity contribution in [3.63, 3.8) is 0 Å². The smallest absolute Gasteiger partial charge is 0.276 e. The second kappa shape index (κ2) is 6.49. The van der Waals surface area contributed by atoms with Gasteiger partial charge in [0.05, 0.1) is 0 Å². The number of hydrogen-bond donors (Lipinski definition) is 0. The highest BCUT2D eigenvalue weighted by atomic mass is 32.2. The van der Waals surface area contributed by atoms with E-state index in [1.165, 1.54) is 0 Å². The molecule has 0 aliphatic rings. The second-order valence-corrected chi connectivity index (χ2v) is 4.20. The van der Waals surface area contributed by atoms with Crippen molar-refractivity contribution >= 4 is 17.6 Å². The Morgan fingerprint density at radius 2 is 2.00 bits per heavy atom. The topological polar surface area (TPSA) is 20.3 Å². The summed E-state index contributed by atoms with van der Waals surface area (Å²) in [6.45, 7) is 9.49. The van der Waals surface area contributed by atoms with Crippen molar-refractivity contribution in [2.45, 2.75) is 40.2 Å². The molecule has 0 saturated heterocycles. The maximum absolute atomic E-state index is 10.2. The fourth-order valence-electron chi connectivity index (χ4n) is 1.31. The van der Waals surface area contributed by atoms with Gasteiger partial charge in [0.2, 0.25) is 0 Å². The van der Waals surface area contributed by atoms with Gasteiger partial charge in [-0.25, -0.2) is 4.31 Å². The minimum Gasteiger partial charge on any atom is -0.276 e. The van der Waals surface area contributed by atoms with E-state index in [4.69, 9.17) is 0 Å². The molecule has 71 valence electrons. The van der Waals surface area contributed by atoms with Gasteiger partial charge in [-0.15, -0.1) is 0 Å². The lowest BCUT2D eigenvalue weighted by Gasteiger charge is -2.25. The first-order chi connectivity index (χ1) is 5.61. The van der Waals surface area contributed by atoms with Crippen LogP contribution in [0.15, 0.2) is 0 Å². The van der Waals surface area contributed by atoms with E-state index in [-0.39, 0.29) is 0 Å². The van der Waals surface area contributed by atoms with Gasteiger partial charge in [0, 0.05) is 24.5 Å². The van der Waals surface area contributed by atoms with Crippen LogP contribution in [-0.2, 0) is 4.79 Å². The van der Waals surface area contributed by atoms with Gasteiger partial charge in [-0.2, -0.15) is 0 Å². The molecule has 0 aromatic heterocycles. The molecule has 0 aromatic carbocycles. The van der Waals surface area contributed by atoms with Gasteiger partial charge in [-0.1, -0.05) is 20.8 Å². The summed E-state index contributed by atoms with van der Waals surface area (Å²) in [7, 11) is 0. The van der Waals surface area contributed by atoms with E-state index in [1.54, 1.807) is 0 Å². The van der Waals surface area contributed by atoms with E-state index in [0.717, 1.165) is 24.9 Å². The maximum Gasteiger partial charge on any atom is 0.282 e. The average molecular weight is 188 g/mol. The Bertz CT molecular complexity index is 128. The fourth-order valence-corrected chi connectivity index (χ4v) is 1.80. The summed E-state index contributed by atoms with van der Waals surface area (Å²) in [4.78, 5) is 10.2. The van der Waals surface area contributed by atoms with E-state index in [2.05, 4.69) is 32.0 Å². The molecule has 3 heteroatoms. The fraction of sp³-hybridized carbons (Fsp3) is 0.889. The lowest BCUT2D eigenvalue weighted by molar-refractivity contribution is 0.336. The summed E-state index contributed by atoms with van der Waals surface area (Å²) in [6, 6.07) is 0.460. The Balaban J connectivity index is 3.83. The Labute approximate surface area is 79.8 Å². The molecule has 0 fully saturated rings. The summed E-state index contributed by atoms with van der Waals surface area (Å²) >= 11 is 1.15. The maximum atomic E-state index is 10.2. The molecule has 0 rings (SSSR count).